The maximum absolute atomic E-state index is 13.1. The second-order valence-electron chi connectivity index (χ2n) is 3.78. The SMILES string of the molecule is N#Cc1cccc(OC(=O)c2cc(F)c(F)cc2Cl)c1. The van der Waals surface area contributed by atoms with Gasteiger partial charge in [-0.1, -0.05) is 17.7 Å². The van der Waals surface area contributed by atoms with E-state index >= 15 is 0 Å². The van der Waals surface area contributed by atoms with Crippen molar-refractivity contribution in [3.63, 3.8) is 0 Å². The Balaban J connectivity index is 2.28. The summed E-state index contributed by atoms with van der Waals surface area (Å²) in [5.74, 6) is -3.19. The standard InChI is InChI=1S/C14H6ClF2NO2/c15-11-6-13(17)12(16)5-10(11)14(19)20-9-3-1-2-8(4-9)7-18/h1-6H. The van der Waals surface area contributed by atoms with Gasteiger partial charge in [0.25, 0.3) is 0 Å². The Labute approximate surface area is 118 Å². The molecule has 0 fully saturated rings. The molecule has 0 heterocycles. The molecule has 0 spiro atoms. The van der Waals surface area contributed by atoms with Gasteiger partial charge in [0.15, 0.2) is 11.6 Å². The Kier molecular flexibility index (Phi) is 3.97. The third-order valence-electron chi connectivity index (χ3n) is 2.40. The molecule has 0 saturated carbocycles. The molecule has 0 amide bonds. The largest absolute Gasteiger partial charge is 0.423 e. The van der Waals surface area contributed by atoms with Crippen molar-refractivity contribution in [3.8, 4) is 11.8 Å². The van der Waals surface area contributed by atoms with Crippen LogP contribution in [-0.4, -0.2) is 5.97 Å². The van der Waals surface area contributed by atoms with E-state index in [-0.39, 0.29) is 16.3 Å². The van der Waals surface area contributed by atoms with E-state index in [0.717, 1.165) is 0 Å². The van der Waals surface area contributed by atoms with Gasteiger partial charge >= 0.3 is 5.97 Å². The molecular formula is C14H6ClF2NO2. The lowest BCUT2D eigenvalue weighted by Crippen LogP contribution is -2.10. The summed E-state index contributed by atoms with van der Waals surface area (Å²) < 4.78 is 30.9. The van der Waals surface area contributed by atoms with Gasteiger partial charge in [0, 0.05) is 0 Å². The number of nitriles is 1. The summed E-state index contributed by atoms with van der Waals surface area (Å²) in [4.78, 5) is 11.8. The molecule has 3 nitrogen and oxygen atoms in total. The minimum atomic E-state index is -1.20. The minimum Gasteiger partial charge on any atom is -0.423 e. The van der Waals surface area contributed by atoms with Crippen molar-refractivity contribution >= 4 is 17.6 Å². The molecule has 6 heteroatoms. The number of carbonyl (C=O) groups excluding carboxylic acids is 1. The summed E-state index contributed by atoms with van der Waals surface area (Å²) in [6.07, 6.45) is 0. The van der Waals surface area contributed by atoms with Crippen molar-refractivity contribution in [2.45, 2.75) is 0 Å². The van der Waals surface area contributed by atoms with Gasteiger partial charge in [-0.3, -0.25) is 0 Å². The van der Waals surface area contributed by atoms with Crippen molar-refractivity contribution in [1.82, 2.24) is 0 Å². The van der Waals surface area contributed by atoms with Gasteiger partial charge in [-0.15, -0.1) is 0 Å². The maximum Gasteiger partial charge on any atom is 0.345 e. The number of carbonyl (C=O) groups is 1. The van der Waals surface area contributed by atoms with Crippen LogP contribution >= 0.6 is 11.6 Å². The zero-order valence-electron chi connectivity index (χ0n) is 9.86. The monoisotopic (exact) mass is 293 g/mol. The molecular weight excluding hydrogens is 288 g/mol. The van der Waals surface area contributed by atoms with Gasteiger partial charge in [0.05, 0.1) is 22.2 Å². The van der Waals surface area contributed by atoms with Crippen molar-refractivity contribution in [2.75, 3.05) is 0 Å². The van der Waals surface area contributed by atoms with Crippen molar-refractivity contribution in [2.24, 2.45) is 0 Å². The van der Waals surface area contributed by atoms with Gasteiger partial charge in [0.1, 0.15) is 5.75 Å². The normalized spacial score (nSPS) is 9.90. The van der Waals surface area contributed by atoms with E-state index in [4.69, 9.17) is 21.6 Å². The lowest BCUT2D eigenvalue weighted by Gasteiger charge is -2.06. The summed E-state index contributed by atoms with van der Waals surface area (Å²) in [6.45, 7) is 0. The molecule has 0 N–H and O–H groups in total. The molecule has 0 radical (unpaired) electrons. The molecule has 0 aliphatic rings. The molecule has 0 unspecified atom stereocenters. The Morgan fingerprint density at radius 3 is 2.60 bits per heavy atom. The van der Waals surface area contributed by atoms with Gasteiger partial charge in [-0.05, 0) is 30.3 Å². The third-order valence-corrected chi connectivity index (χ3v) is 2.72. The summed E-state index contributed by atoms with van der Waals surface area (Å²) in [6, 6.07) is 9.08. The summed E-state index contributed by atoms with van der Waals surface area (Å²) in [5, 5.41) is 8.46. The first kappa shape index (κ1) is 14.0. The Hall–Kier alpha value is -2.45. The van der Waals surface area contributed by atoms with Crippen molar-refractivity contribution in [3.05, 3.63) is 64.2 Å². The van der Waals surface area contributed by atoms with E-state index in [1.807, 2.05) is 6.07 Å². The molecule has 0 aromatic heterocycles. The molecule has 100 valence electrons. The van der Waals surface area contributed by atoms with Gasteiger partial charge in [0.2, 0.25) is 0 Å². The van der Waals surface area contributed by atoms with E-state index < -0.39 is 17.6 Å². The lowest BCUT2D eigenvalue weighted by atomic mass is 10.2. The predicted octanol–water partition coefficient (Wildman–Crippen LogP) is 3.71. The number of benzene rings is 2. The molecule has 2 aromatic carbocycles. The number of esters is 1. The molecule has 20 heavy (non-hydrogen) atoms. The molecule has 0 bridgehead atoms. The predicted molar refractivity (Wildman–Crippen MR) is 67.5 cm³/mol. The highest BCUT2D eigenvalue weighted by Crippen LogP contribution is 2.22. The second-order valence-corrected chi connectivity index (χ2v) is 4.18. The average Bonchev–Trinajstić information content (AvgIpc) is 2.43. The maximum atomic E-state index is 13.1. The van der Waals surface area contributed by atoms with Crippen LogP contribution in [0.5, 0.6) is 5.75 Å². The Bertz CT molecular complexity index is 726. The average molecular weight is 294 g/mol. The van der Waals surface area contributed by atoms with E-state index in [0.29, 0.717) is 17.7 Å². The first-order valence-electron chi connectivity index (χ1n) is 5.38. The first-order chi connectivity index (χ1) is 9.51. The van der Waals surface area contributed by atoms with Crippen LogP contribution < -0.4 is 4.74 Å². The number of nitrogens with zero attached hydrogens (tertiary/aromatic N) is 1. The zero-order valence-corrected chi connectivity index (χ0v) is 10.6. The van der Waals surface area contributed by atoms with Gasteiger partial charge in [-0.2, -0.15) is 5.26 Å². The highest BCUT2D eigenvalue weighted by atomic mass is 35.5. The highest BCUT2D eigenvalue weighted by Gasteiger charge is 2.17. The Morgan fingerprint density at radius 1 is 1.20 bits per heavy atom. The smallest absolute Gasteiger partial charge is 0.345 e. The van der Waals surface area contributed by atoms with Crippen LogP contribution in [0.1, 0.15) is 15.9 Å². The van der Waals surface area contributed by atoms with Crippen LogP contribution in [0, 0.1) is 23.0 Å². The number of rotatable bonds is 2. The Morgan fingerprint density at radius 2 is 1.90 bits per heavy atom. The van der Waals surface area contributed by atoms with Crippen LogP contribution in [0.4, 0.5) is 8.78 Å². The number of ether oxygens (including phenoxy) is 1. The fourth-order valence-electron chi connectivity index (χ4n) is 1.47. The molecule has 0 aliphatic carbocycles. The van der Waals surface area contributed by atoms with Gasteiger partial charge in [-0.25, -0.2) is 13.6 Å². The van der Waals surface area contributed by atoms with E-state index in [1.54, 1.807) is 0 Å². The molecule has 0 aliphatic heterocycles. The van der Waals surface area contributed by atoms with Crippen molar-refractivity contribution in [1.29, 1.82) is 5.26 Å². The first-order valence-corrected chi connectivity index (χ1v) is 5.76. The lowest BCUT2D eigenvalue weighted by molar-refractivity contribution is 0.0734. The number of halogens is 3. The summed E-state index contributed by atoms with van der Waals surface area (Å²) in [5.41, 5.74) is -0.000360. The van der Waals surface area contributed by atoms with Crippen LogP contribution in [-0.2, 0) is 0 Å². The fraction of sp³-hybridized carbons (Fsp3) is 0. The van der Waals surface area contributed by atoms with Crippen LogP contribution in [0.2, 0.25) is 5.02 Å². The van der Waals surface area contributed by atoms with E-state index in [9.17, 15) is 13.6 Å². The van der Waals surface area contributed by atoms with Crippen molar-refractivity contribution < 1.29 is 18.3 Å². The molecule has 0 saturated heterocycles. The fourth-order valence-corrected chi connectivity index (χ4v) is 1.70. The topological polar surface area (TPSA) is 50.1 Å². The van der Waals surface area contributed by atoms with Crippen LogP contribution in [0.25, 0.3) is 0 Å². The van der Waals surface area contributed by atoms with E-state index in [2.05, 4.69) is 0 Å². The number of hydrogen-bond donors (Lipinski definition) is 0. The second kappa shape index (κ2) is 5.68. The quantitative estimate of drug-likeness (QED) is 0.482. The third kappa shape index (κ3) is 2.92. The number of hydrogen-bond acceptors (Lipinski definition) is 3. The van der Waals surface area contributed by atoms with Crippen LogP contribution in [0.15, 0.2) is 36.4 Å². The van der Waals surface area contributed by atoms with Crippen LogP contribution in [0.3, 0.4) is 0 Å². The molecule has 2 rings (SSSR count). The van der Waals surface area contributed by atoms with Gasteiger partial charge < -0.3 is 4.74 Å². The zero-order chi connectivity index (χ0) is 14.7. The minimum absolute atomic E-state index is 0.106. The summed E-state index contributed by atoms with van der Waals surface area (Å²) >= 11 is 5.66. The highest BCUT2D eigenvalue weighted by molar-refractivity contribution is 6.33. The molecule has 0 atom stereocenters. The summed E-state index contributed by atoms with van der Waals surface area (Å²) in [7, 11) is 0. The molecule has 2 aromatic rings. The van der Waals surface area contributed by atoms with E-state index in [1.165, 1.54) is 24.3 Å².